The van der Waals surface area contributed by atoms with E-state index in [9.17, 15) is 0 Å². The summed E-state index contributed by atoms with van der Waals surface area (Å²) in [4.78, 5) is 2.51. The molecule has 3 nitrogen and oxygen atoms in total. The number of fused-ring (bicyclic) bond motifs is 19. The molecule has 3 aliphatic carbocycles. The number of anilines is 3. The fourth-order valence-electron chi connectivity index (χ4n) is 13.3. The van der Waals surface area contributed by atoms with Gasteiger partial charge in [-0.05, 0) is 142 Å². The van der Waals surface area contributed by atoms with Crippen LogP contribution >= 0.6 is 0 Å². The van der Waals surface area contributed by atoms with Gasteiger partial charge in [-0.15, -0.1) is 0 Å². The molecule has 0 saturated heterocycles. The van der Waals surface area contributed by atoms with Gasteiger partial charge < -0.3 is 13.7 Å². The van der Waals surface area contributed by atoms with Gasteiger partial charge in [0.15, 0.2) is 0 Å². The Labute approximate surface area is 403 Å². The predicted molar refractivity (Wildman–Crippen MR) is 288 cm³/mol. The quantitative estimate of drug-likeness (QED) is 0.176. The van der Waals surface area contributed by atoms with Crippen molar-refractivity contribution in [1.82, 2.24) is 0 Å². The molecule has 0 radical (unpaired) electrons. The number of nitrogens with zero attached hydrogens (tertiary/aromatic N) is 1. The summed E-state index contributed by atoms with van der Waals surface area (Å²) in [5.74, 6) is 0. The minimum atomic E-state index is -0.319. The Morgan fingerprint density at radius 2 is 0.928 bits per heavy atom. The average molecular weight is 892 g/mol. The molecule has 0 saturated carbocycles. The fourth-order valence-corrected chi connectivity index (χ4v) is 13.3. The molecular weight excluding hydrogens is 839 g/mol. The topological polar surface area (TPSA) is 29.5 Å². The molecule has 0 atom stereocenters. The zero-order valence-corrected chi connectivity index (χ0v) is 40.8. The molecule has 0 fully saturated rings. The van der Waals surface area contributed by atoms with Gasteiger partial charge in [0.25, 0.3) is 0 Å². The van der Waals surface area contributed by atoms with Crippen LogP contribution in [0.15, 0.2) is 167 Å². The molecule has 14 rings (SSSR count). The van der Waals surface area contributed by atoms with Crippen molar-refractivity contribution < 1.29 is 8.83 Å². The molecule has 0 N–H and O–H groups in total. The second-order valence-electron chi connectivity index (χ2n) is 21.8. The van der Waals surface area contributed by atoms with Crippen molar-refractivity contribution in [1.29, 1.82) is 0 Å². The molecule has 9 aromatic carbocycles. The van der Waals surface area contributed by atoms with E-state index in [0.717, 1.165) is 44.7 Å². The van der Waals surface area contributed by atoms with E-state index in [2.05, 4.69) is 225 Å². The van der Waals surface area contributed by atoms with Crippen LogP contribution in [0, 0.1) is 20.8 Å². The first-order chi connectivity index (χ1) is 33.2. The molecule has 0 spiro atoms. The van der Waals surface area contributed by atoms with E-state index in [1.165, 1.54) is 111 Å². The van der Waals surface area contributed by atoms with E-state index in [-0.39, 0.29) is 16.2 Å². The Morgan fingerprint density at radius 1 is 0.391 bits per heavy atom. The average Bonchev–Trinajstić information content (AvgIpc) is 4.09. The first-order valence-electron chi connectivity index (χ1n) is 24.6. The zero-order chi connectivity index (χ0) is 47.0. The Hall–Kier alpha value is -7.62. The van der Waals surface area contributed by atoms with E-state index >= 15 is 0 Å². The second-order valence-corrected chi connectivity index (χ2v) is 21.8. The van der Waals surface area contributed by atoms with E-state index in [4.69, 9.17) is 8.83 Å². The number of aryl methyl sites for hydroxylation is 3. The lowest BCUT2D eigenvalue weighted by atomic mass is 9.72. The van der Waals surface area contributed by atoms with Crippen LogP contribution in [0.2, 0.25) is 0 Å². The largest absolute Gasteiger partial charge is 0.455 e. The number of para-hydroxylation sites is 2. The van der Waals surface area contributed by atoms with Crippen LogP contribution in [0.1, 0.15) is 91.6 Å². The molecule has 0 aliphatic heterocycles. The van der Waals surface area contributed by atoms with Gasteiger partial charge in [0.1, 0.15) is 22.3 Å². The molecular formula is C66H53NO2. The van der Waals surface area contributed by atoms with Crippen molar-refractivity contribution in [2.75, 3.05) is 4.90 Å². The van der Waals surface area contributed by atoms with E-state index < -0.39 is 0 Å². The number of rotatable bonds is 4. The maximum Gasteiger partial charge on any atom is 0.144 e. The maximum atomic E-state index is 6.99. The van der Waals surface area contributed by atoms with Gasteiger partial charge in [-0.2, -0.15) is 0 Å². The zero-order valence-electron chi connectivity index (χ0n) is 40.8. The van der Waals surface area contributed by atoms with Crippen LogP contribution in [0.25, 0.3) is 88.4 Å². The molecule has 0 unspecified atom stereocenters. The van der Waals surface area contributed by atoms with Gasteiger partial charge in [0.05, 0.1) is 0 Å². The summed E-state index contributed by atoms with van der Waals surface area (Å²) in [6, 6.07) is 58.9. The fraction of sp³-hybridized carbons (Fsp3) is 0.182. The standard InChI is InChI=1S/C66H53NO2/c1-36-22-25-39(26-23-36)47-35-51-55(57-45-17-11-14-20-53(45)68-62(47)57)43-29-27-40(33-49(43)64(51,4)5)67(52-31-24-37(2)32-38(52)3)41-28-30-44-50(34-41)66(8,9)60-56(44)58-46-18-12-15-21-54(46)69-63(58)59-42-16-10-13-19-48(42)65(6,7)61(59)60/h10-35H,1-9H3. The summed E-state index contributed by atoms with van der Waals surface area (Å²) in [6.07, 6.45) is 0. The van der Waals surface area contributed by atoms with Gasteiger partial charge >= 0.3 is 0 Å². The van der Waals surface area contributed by atoms with Crippen molar-refractivity contribution in [2.45, 2.75) is 78.6 Å². The summed E-state index contributed by atoms with van der Waals surface area (Å²) < 4.78 is 13.8. The molecule has 2 aromatic heterocycles. The lowest BCUT2D eigenvalue weighted by molar-refractivity contribution is 0.600. The highest BCUT2D eigenvalue weighted by atomic mass is 16.3. The smallest absolute Gasteiger partial charge is 0.144 e. The Bertz CT molecular complexity index is 4070. The van der Waals surface area contributed by atoms with Crippen LogP contribution < -0.4 is 4.90 Å². The van der Waals surface area contributed by atoms with Crippen molar-refractivity contribution in [3.8, 4) is 44.5 Å². The SMILES string of the molecule is Cc1ccc(-c2cc3c(c4c2oc2ccccc24)-c2ccc(N(c4ccc5c(c4)C(C)(C)c4c6c(c7oc8ccccc8c7c4-5)-c4ccccc4C6(C)C)c4ccc(C)cc4C)cc2C3(C)C)cc1. The highest BCUT2D eigenvalue weighted by Crippen LogP contribution is 2.64. The normalized spacial score (nSPS) is 15.4. The summed E-state index contributed by atoms with van der Waals surface area (Å²) in [6.45, 7) is 21.1. The molecule has 0 bridgehead atoms. The van der Waals surface area contributed by atoms with Crippen LogP contribution in [0.3, 0.4) is 0 Å². The Kier molecular flexibility index (Phi) is 7.94. The molecule has 11 aromatic rings. The first-order valence-corrected chi connectivity index (χ1v) is 24.6. The van der Waals surface area contributed by atoms with Crippen LogP contribution in [-0.4, -0.2) is 0 Å². The van der Waals surface area contributed by atoms with Crippen LogP contribution in [0.5, 0.6) is 0 Å². The predicted octanol–water partition coefficient (Wildman–Crippen LogP) is 18.5. The number of hydrogen-bond donors (Lipinski definition) is 0. The van der Waals surface area contributed by atoms with Crippen LogP contribution in [0.4, 0.5) is 17.1 Å². The molecule has 69 heavy (non-hydrogen) atoms. The number of benzene rings is 9. The summed E-state index contributed by atoms with van der Waals surface area (Å²) in [5, 5.41) is 4.75. The maximum absolute atomic E-state index is 6.99. The Balaban J connectivity index is 0.993. The van der Waals surface area contributed by atoms with Crippen molar-refractivity contribution in [2.24, 2.45) is 0 Å². The molecule has 3 aliphatic rings. The summed E-state index contributed by atoms with van der Waals surface area (Å²) >= 11 is 0. The summed E-state index contributed by atoms with van der Waals surface area (Å²) in [7, 11) is 0. The highest BCUT2D eigenvalue weighted by molar-refractivity contribution is 6.21. The molecule has 334 valence electrons. The number of furan rings is 2. The third-order valence-corrected chi connectivity index (χ3v) is 16.6. The van der Waals surface area contributed by atoms with Crippen LogP contribution in [-0.2, 0) is 16.2 Å². The molecule has 2 heterocycles. The van der Waals surface area contributed by atoms with Gasteiger partial charge in [-0.3, -0.25) is 0 Å². The number of hydrogen-bond acceptors (Lipinski definition) is 3. The van der Waals surface area contributed by atoms with Crippen molar-refractivity contribution in [3.63, 3.8) is 0 Å². The minimum Gasteiger partial charge on any atom is -0.455 e. The van der Waals surface area contributed by atoms with E-state index in [0.29, 0.717) is 0 Å². The van der Waals surface area contributed by atoms with Gasteiger partial charge in [-0.1, -0.05) is 162 Å². The van der Waals surface area contributed by atoms with E-state index in [1.807, 2.05) is 0 Å². The Morgan fingerprint density at radius 3 is 1.61 bits per heavy atom. The third kappa shape index (κ3) is 5.23. The summed E-state index contributed by atoms with van der Waals surface area (Å²) in [5.41, 5.74) is 28.3. The lowest BCUT2D eigenvalue weighted by Gasteiger charge is -2.32. The van der Waals surface area contributed by atoms with E-state index in [1.54, 1.807) is 0 Å². The lowest BCUT2D eigenvalue weighted by Crippen LogP contribution is -2.24. The van der Waals surface area contributed by atoms with Crippen molar-refractivity contribution in [3.05, 3.63) is 208 Å². The first kappa shape index (κ1) is 40.4. The van der Waals surface area contributed by atoms with Crippen molar-refractivity contribution >= 4 is 60.9 Å². The van der Waals surface area contributed by atoms with Gasteiger partial charge in [0, 0.05) is 66.0 Å². The highest BCUT2D eigenvalue weighted by Gasteiger charge is 2.49. The third-order valence-electron chi connectivity index (χ3n) is 16.6. The molecule has 0 amide bonds. The monoisotopic (exact) mass is 891 g/mol. The van der Waals surface area contributed by atoms with Gasteiger partial charge in [-0.25, -0.2) is 0 Å². The second kappa shape index (κ2) is 13.5. The van der Waals surface area contributed by atoms with Gasteiger partial charge in [0.2, 0.25) is 0 Å². The minimum absolute atomic E-state index is 0.222. The molecule has 3 heteroatoms.